The molecule has 0 aliphatic rings. The standard InChI is InChI=1S/C20H22I2N2O4S/c1-12-10-13(21)8-9-16(12)23-18(25)14-6-5-7-15(22)17(14)19(26)24-20(2,3)11-29(4,27)28/h5-10H,11H2,1-4H3,(H,23,25)(H,24,26). The highest BCUT2D eigenvalue weighted by molar-refractivity contribution is 14.1. The van der Waals surface area contributed by atoms with Crippen molar-refractivity contribution in [2.24, 2.45) is 0 Å². The lowest BCUT2D eigenvalue weighted by molar-refractivity contribution is 0.0909. The van der Waals surface area contributed by atoms with E-state index in [-0.39, 0.29) is 16.9 Å². The van der Waals surface area contributed by atoms with Crippen LogP contribution in [0.25, 0.3) is 0 Å². The summed E-state index contributed by atoms with van der Waals surface area (Å²) in [4.78, 5) is 25.9. The van der Waals surface area contributed by atoms with Crippen LogP contribution in [0.2, 0.25) is 0 Å². The summed E-state index contributed by atoms with van der Waals surface area (Å²) >= 11 is 4.19. The zero-order valence-corrected chi connectivity index (χ0v) is 21.6. The molecule has 0 spiro atoms. The fraction of sp³-hybridized carbons (Fsp3) is 0.300. The molecule has 2 aromatic carbocycles. The molecular weight excluding hydrogens is 618 g/mol. The topological polar surface area (TPSA) is 92.3 Å². The SMILES string of the molecule is Cc1cc(I)ccc1NC(=O)c1cccc(I)c1C(=O)NC(C)(C)CS(C)(=O)=O. The highest BCUT2D eigenvalue weighted by atomic mass is 127. The van der Waals surface area contributed by atoms with E-state index < -0.39 is 27.2 Å². The third kappa shape index (κ3) is 6.92. The molecule has 2 N–H and O–H groups in total. The van der Waals surface area contributed by atoms with Gasteiger partial charge in [0.2, 0.25) is 0 Å². The van der Waals surface area contributed by atoms with Crippen LogP contribution < -0.4 is 10.6 Å². The molecule has 0 fully saturated rings. The molecule has 2 rings (SSSR count). The summed E-state index contributed by atoms with van der Waals surface area (Å²) < 4.78 is 25.0. The summed E-state index contributed by atoms with van der Waals surface area (Å²) in [5.41, 5.74) is 1.04. The zero-order chi connectivity index (χ0) is 22.0. The maximum absolute atomic E-state index is 13.0. The van der Waals surface area contributed by atoms with Crippen molar-refractivity contribution in [2.75, 3.05) is 17.3 Å². The second-order valence-electron chi connectivity index (χ2n) is 7.48. The van der Waals surface area contributed by atoms with Crippen molar-refractivity contribution in [3.8, 4) is 0 Å². The number of benzene rings is 2. The van der Waals surface area contributed by atoms with E-state index in [0.29, 0.717) is 9.26 Å². The quantitative estimate of drug-likeness (QED) is 0.468. The number of sulfone groups is 1. The lowest BCUT2D eigenvalue weighted by atomic mass is 10.0. The summed E-state index contributed by atoms with van der Waals surface area (Å²) in [5, 5.41) is 5.60. The maximum atomic E-state index is 13.0. The van der Waals surface area contributed by atoms with Crippen molar-refractivity contribution in [2.45, 2.75) is 26.3 Å². The Labute approximate surface area is 198 Å². The largest absolute Gasteiger partial charge is 0.346 e. The molecule has 0 radical (unpaired) electrons. The van der Waals surface area contributed by atoms with Crippen molar-refractivity contribution in [1.29, 1.82) is 0 Å². The average molecular weight is 640 g/mol. The Bertz CT molecular complexity index is 1070. The smallest absolute Gasteiger partial charge is 0.256 e. The predicted octanol–water partition coefficient (Wildman–Crippen LogP) is 4.01. The van der Waals surface area contributed by atoms with Crippen molar-refractivity contribution < 1.29 is 18.0 Å². The molecule has 0 heterocycles. The van der Waals surface area contributed by atoms with E-state index in [1.54, 1.807) is 32.0 Å². The second-order valence-corrected chi connectivity index (χ2v) is 12.0. The van der Waals surface area contributed by atoms with Crippen LogP contribution in [0.4, 0.5) is 5.69 Å². The maximum Gasteiger partial charge on any atom is 0.256 e. The van der Waals surface area contributed by atoms with E-state index in [9.17, 15) is 18.0 Å². The Hall–Kier alpha value is -1.21. The van der Waals surface area contributed by atoms with Crippen molar-refractivity contribution in [3.63, 3.8) is 0 Å². The molecule has 0 bridgehead atoms. The van der Waals surface area contributed by atoms with Crippen LogP contribution in [0.15, 0.2) is 36.4 Å². The molecule has 0 aromatic heterocycles. The lowest BCUT2D eigenvalue weighted by Gasteiger charge is -2.26. The summed E-state index contributed by atoms with van der Waals surface area (Å²) in [6.45, 7) is 5.17. The number of aryl methyl sites for hydroxylation is 1. The Kier molecular flexibility index (Phi) is 7.71. The van der Waals surface area contributed by atoms with Crippen LogP contribution in [-0.2, 0) is 9.84 Å². The van der Waals surface area contributed by atoms with Gasteiger partial charge in [0.05, 0.1) is 16.9 Å². The number of hydrogen-bond donors (Lipinski definition) is 2. The number of nitrogens with one attached hydrogen (secondary N) is 2. The van der Waals surface area contributed by atoms with E-state index >= 15 is 0 Å². The van der Waals surface area contributed by atoms with Gasteiger partial charge in [0, 0.05) is 24.6 Å². The summed E-state index contributed by atoms with van der Waals surface area (Å²) in [6.07, 6.45) is 1.12. The molecule has 0 aliphatic heterocycles. The molecule has 2 aromatic rings. The number of carbonyl (C=O) groups is 2. The van der Waals surface area contributed by atoms with E-state index in [1.807, 2.05) is 47.7 Å². The number of rotatable bonds is 6. The molecule has 2 amide bonds. The molecule has 0 atom stereocenters. The predicted molar refractivity (Wildman–Crippen MR) is 132 cm³/mol. The molecule has 156 valence electrons. The van der Waals surface area contributed by atoms with Gasteiger partial charge in [-0.1, -0.05) is 6.07 Å². The van der Waals surface area contributed by atoms with Crippen molar-refractivity contribution in [3.05, 3.63) is 60.2 Å². The Morgan fingerprint density at radius 3 is 2.31 bits per heavy atom. The van der Waals surface area contributed by atoms with Crippen molar-refractivity contribution >= 4 is 72.5 Å². The van der Waals surface area contributed by atoms with E-state index in [1.165, 1.54) is 0 Å². The monoisotopic (exact) mass is 640 g/mol. The van der Waals surface area contributed by atoms with Gasteiger partial charge in [-0.15, -0.1) is 0 Å². The normalized spacial score (nSPS) is 11.8. The fourth-order valence-corrected chi connectivity index (χ4v) is 5.74. The molecule has 6 nitrogen and oxygen atoms in total. The van der Waals surface area contributed by atoms with E-state index in [0.717, 1.165) is 15.4 Å². The molecule has 0 unspecified atom stereocenters. The summed E-state index contributed by atoms with van der Waals surface area (Å²) in [6, 6.07) is 10.7. The summed E-state index contributed by atoms with van der Waals surface area (Å²) in [7, 11) is -3.29. The minimum atomic E-state index is -3.29. The van der Waals surface area contributed by atoms with Crippen LogP contribution in [0.5, 0.6) is 0 Å². The molecule has 9 heteroatoms. The Morgan fingerprint density at radius 2 is 1.72 bits per heavy atom. The van der Waals surface area contributed by atoms with Crippen LogP contribution >= 0.6 is 45.2 Å². The minimum Gasteiger partial charge on any atom is -0.346 e. The zero-order valence-electron chi connectivity index (χ0n) is 16.5. The third-order valence-electron chi connectivity index (χ3n) is 4.00. The molecule has 0 saturated carbocycles. The molecular formula is C20H22I2N2O4S. The van der Waals surface area contributed by atoms with Gasteiger partial charge < -0.3 is 10.6 Å². The molecule has 0 aliphatic carbocycles. The number of anilines is 1. The molecule has 0 saturated heterocycles. The minimum absolute atomic E-state index is 0.210. The molecule has 29 heavy (non-hydrogen) atoms. The van der Waals surface area contributed by atoms with Crippen molar-refractivity contribution in [1.82, 2.24) is 5.32 Å². The van der Waals surface area contributed by atoms with Crippen LogP contribution in [0.1, 0.15) is 40.1 Å². The fourth-order valence-electron chi connectivity index (χ4n) is 2.96. The average Bonchev–Trinajstić information content (AvgIpc) is 2.54. The van der Waals surface area contributed by atoms with Gasteiger partial charge in [0.25, 0.3) is 11.8 Å². The van der Waals surface area contributed by atoms with Gasteiger partial charge >= 0.3 is 0 Å². The Balaban J connectivity index is 2.35. The third-order valence-corrected chi connectivity index (χ3v) is 6.81. The first-order valence-electron chi connectivity index (χ1n) is 8.65. The number of hydrogen-bond acceptors (Lipinski definition) is 4. The van der Waals surface area contributed by atoms with Crippen LogP contribution in [0, 0.1) is 14.1 Å². The van der Waals surface area contributed by atoms with Gasteiger partial charge in [-0.25, -0.2) is 8.42 Å². The van der Waals surface area contributed by atoms with Gasteiger partial charge in [-0.3, -0.25) is 9.59 Å². The van der Waals surface area contributed by atoms with E-state index in [4.69, 9.17) is 0 Å². The van der Waals surface area contributed by atoms with Gasteiger partial charge in [-0.05, 0) is 102 Å². The van der Waals surface area contributed by atoms with Gasteiger partial charge in [0.1, 0.15) is 9.84 Å². The first kappa shape index (κ1) is 24.1. The summed E-state index contributed by atoms with van der Waals surface area (Å²) in [5.74, 6) is -1.11. The lowest BCUT2D eigenvalue weighted by Crippen LogP contribution is -2.48. The van der Waals surface area contributed by atoms with E-state index in [2.05, 4.69) is 33.2 Å². The van der Waals surface area contributed by atoms with Gasteiger partial charge in [0.15, 0.2) is 0 Å². The second kappa shape index (κ2) is 9.29. The first-order chi connectivity index (χ1) is 13.3. The number of amides is 2. The number of halogens is 2. The highest BCUT2D eigenvalue weighted by Crippen LogP contribution is 2.22. The van der Waals surface area contributed by atoms with Crippen LogP contribution in [0.3, 0.4) is 0 Å². The number of carbonyl (C=O) groups excluding carboxylic acids is 2. The van der Waals surface area contributed by atoms with Crippen LogP contribution in [-0.4, -0.2) is 37.8 Å². The highest BCUT2D eigenvalue weighted by Gasteiger charge is 2.29. The van der Waals surface area contributed by atoms with Gasteiger partial charge in [-0.2, -0.15) is 0 Å². The Morgan fingerprint density at radius 1 is 1.07 bits per heavy atom. The first-order valence-corrected chi connectivity index (χ1v) is 12.9.